The number of rotatable bonds is 7. The first-order valence-corrected chi connectivity index (χ1v) is 11.6. The molecule has 0 saturated carbocycles. The van der Waals surface area contributed by atoms with Crippen molar-refractivity contribution in [3.63, 3.8) is 0 Å². The molecule has 5 heteroatoms. The van der Waals surface area contributed by atoms with Gasteiger partial charge in [-0.2, -0.15) is 11.8 Å². The number of piperidine rings is 1. The predicted octanol–water partition coefficient (Wildman–Crippen LogP) is 4.81. The summed E-state index contributed by atoms with van der Waals surface area (Å²) in [6, 6.07) is 12.5. The summed E-state index contributed by atoms with van der Waals surface area (Å²) in [7, 11) is 0. The minimum Gasteiger partial charge on any atom is -0.350 e. The number of hydrogen-bond donors (Lipinski definition) is 1. The fourth-order valence-electron chi connectivity index (χ4n) is 3.49. The summed E-state index contributed by atoms with van der Waals surface area (Å²) in [5, 5.41) is 5.31. The van der Waals surface area contributed by atoms with E-state index in [1.54, 1.807) is 23.1 Å². The van der Waals surface area contributed by atoms with Gasteiger partial charge in [0.15, 0.2) is 0 Å². The summed E-state index contributed by atoms with van der Waals surface area (Å²) in [4.78, 5) is 16.6. The van der Waals surface area contributed by atoms with Gasteiger partial charge < -0.3 is 5.32 Å². The third kappa shape index (κ3) is 5.12. The number of thiophene rings is 1. The lowest BCUT2D eigenvalue weighted by Gasteiger charge is -2.36. The highest BCUT2D eigenvalue weighted by molar-refractivity contribution is 7.97. The van der Waals surface area contributed by atoms with E-state index in [4.69, 9.17) is 0 Å². The standard InChI is InChI=1S/C21H28N2OS2/c1-16-8-10-23(11-9-16)19(20-7-4-12-26-20)14-22-21(24)18-6-3-5-17(13-18)15-25-2/h3-7,12-13,16,19H,8-11,14-15H2,1-2H3,(H,22,24). The van der Waals surface area contributed by atoms with E-state index in [9.17, 15) is 4.79 Å². The van der Waals surface area contributed by atoms with Crippen LogP contribution in [0.1, 0.15) is 46.6 Å². The van der Waals surface area contributed by atoms with Gasteiger partial charge in [0.2, 0.25) is 0 Å². The van der Waals surface area contributed by atoms with Crippen molar-refractivity contribution in [2.24, 2.45) is 5.92 Å². The molecule has 1 saturated heterocycles. The summed E-state index contributed by atoms with van der Waals surface area (Å²) in [6.45, 7) is 5.23. The molecule has 1 atom stereocenters. The van der Waals surface area contributed by atoms with Gasteiger partial charge in [0.25, 0.3) is 5.91 Å². The number of hydrogen-bond acceptors (Lipinski definition) is 4. The maximum atomic E-state index is 12.7. The summed E-state index contributed by atoms with van der Waals surface area (Å²) >= 11 is 3.56. The first-order chi connectivity index (χ1) is 12.7. The monoisotopic (exact) mass is 388 g/mol. The summed E-state index contributed by atoms with van der Waals surface area (Å²) < 4.78 is 0. The van der Waals surface area contributed by atoms with Gasteiger partial charge in [-0.3, -0.25) is 9.69 Å². The fraction of sp³-hybridized carbons (Fsp3) is 0.476. The summed E-state index contributed by atoms with van der Waals surface area (Å²) in [6.07, 6.45) is 4.57. The van der Waals surface area contributed by atoms with Gasteiger partial charge in [-0.05, 0) is 67.2 Å². The van der Waals surface area contributed by atoms with Crippen molar-refractivity contribution in [2.45, 2.75) is 31.6 Å². The van der Waals surface area contributed by atoms with Crippen molar-refractivity contribution >= 4 is 29.0 Å². The number of nitrogens with one attached hydrogen (secondary N) is 1. The third-order valence-electron chi connectivity index (χ3n) is 5.09. The van der Waals surface area contributed by atoms with Crippen LogP contribution in [-0.2, 0) is 5.75 Å². The van der Waals surface area contributed by atoms with E-state index in [2.05, 4.69) is 47.0 Å². The molecule has 1 N–H and O–H groups in total. The molecule has 0 bridgehead atoms. The predicted molar refractivity (Wildman–Crippen MR) is 113 cm³/mol. The molecule has 0 aliphatic carbocycles. The minimum absolute atomic E-state index is 0.0277. The molecule has 1 aliphatic rings. The molecule has 1 amide bonds. The van der Waals surface area contributed by atoms with Gasteiger partial charge >= 0.3 is 0 Å². The highest BCUT2D eigenvalue weighted by atomic mass is 32.2. The molecule has 26 heavy (non-hydrogen) atoms. The Morgan fingerprint density at radius 1 is 1.31 bits per heavy atom. The molecule has 1 aromatic carbocycles. The van der Waals surface area contributed by atoms with Gasteiger partial charge in [-0.1, -0.05) is 25.1 Å². The van der Waals surface area contributed by atoms with Crippen molar-refractivity contribution in [3.8, 4) is 0 Å². The molecule has 140 valence electrons. The zero-order valence-corrected chi connectivity index (χ0v) is 17.2. The van der Waals surface area contributed by atoms with Gasteiger partial charge in [-0.25, -0.2) is 0 Å². The zero-order chi connectivity index (χ0) is 18.4. The van der Waals surface area contributed by atoms with E-state index in [-0.39, 0.29) is 11.9 Å². The maximum Gasteiger partial charge on any atom is 0.251 e. The van der Waals surface area contributed by atoms with Gasteiger partial charge in [-0.15, -0.1) is 11.3 Å². The highest BCUT2D eigenvalue weighted by Crippen LogP contribution is 2.29. The summed E-state index contributed by atoms with van der Waals surface area (Å²) in [5.41, 5.74) is 1.96. The number of nitrogens with zero attached hydrogens (tertiary/aromatic N) is 1. The molecule has 0 spiro atoms. The van der Waals surface area contributed by atoms with Gasteiger partial charge in [0, 0.05) is 22.7 Å². The molecule has 2 heterocycles. The Labute approximate surface area is 165 Å². The number of carbonyl (C=O) groups is 1. The number of carbonyl (C=O) groups excluding carboxylic acids is 1. The molecule has 1 aromatic heterocycles. The maximum absolute atomic E-state index is 12.7. The van der Waals surface area contributed by atoms with E-state index in [0.29, 0.717) is 6.54 Å². The number of amides is 1. The van der Waals surface area contributed by atoms with Crippen molar-refractivity contribution in [1.29, 1.82) is 0 Å². The van der Waals surface area contributed by atoms with Gasteiger partial charge in [0.05, 0.1) is 6.04 Å². The van der Waals surface area contributed by atoms with Crippen molar-refractivity contribution in [1.82, 2.24) is 10.2 Å². The second-order valence-electron chi connectivity index (χ2n) is 7.09. The molecular weight excluding hydrogens is 360 g/mol. The number of thioether (sulfide) groups is 1. The fourth-order valence-corrected chi connectivity index (χ4v) is 4.86. The van der Waals surface area contributed by atoms with E-state index in [1.807, 2.05) is 18.2 Å². The number of benzene rings is 1. The van der Waals surface area contributed by atoms with Crippen LogP contribution in [-0.4, -0.2) is 36.7 Å². The Bertz CT molecular complexity index is 694. The lowest BCUT2D eigenvalue weighted by atomic mass is 9.97. The molecular formula is C21H28N2OS2. The summed E-state index contributed by atoms with van der Waals surface area (Å²) in [5.74, 6) is 1.77. The topological polar surface area (TPSA) is 32.3 Å². The smallest absolute Gasteiger partial charge is 0.251 e. The van der Waals surface area contributed by atoms with Crippen LogP contribution in [0.4, 0.5) is 0 Å². The van der Waals surface area contributed by atoms with E-state index >= 15 is 0 Å². The van der Waals surface area contributed by atoms with Crippen LogP contribution in [0.25, 0.3) is 0 Å². The van der Waals surface area contributed by atoms with E-state index in [1.165, 1.54) is 23.3 Å². The van der Waals surface area contributed by atoms with Crippen molar-refractivity contribution in [3.05, 3.63) is 57.8 Å². The average Bonchev–Trinajstić information content (AvgIpc) is 3.18. The van der Waals surface area contributed by atoms with Crippen LogP contribution in [0.2, 0.25) is 0 Å². The van der Waals surface area contributed by atoms with Crippen LogP contribution in [0.3, 0.4) is 0 Å². The number of likely N-dealkylation sites (tertiary alicyclic amines) is 1. The van der Waals surface area contributed by atoms with Crippen molar-refractivity contribution in [2.75, 3.05) is 25.9 Å². The SMILES string of the molecule is CSCc1cccc(C(=O)NCC(c2cccs2)N2CCC(C)CC2)c1. The Morgan fingerprint density at radius 2 is 2.12 bits per heavy atom. The molecule has 0 radical (unpaired) electrons. The Balaban J connectivity index is 1.66. The van der Waals surface area contributed by atoms with Crippen LogP contribution in [0, 0.1) is 5.92 Å². The molecule has 3 nitrogen and oxygen atoms in total. The zero-order valence-electron chi connectivity index (χ0n) is 15.6. The van der Waals surface area contributed by atoms with Crippen molar-refractivity contribution < 1.29 is 4.79 Å². The molecule has 1 aliphatic heterocycles. The van der Waals surface area contributed by atoms with Crippen LogP contribution < -0.4 is 5.32 Å². The third-order valence-corrected chi connectivity index (χ3v) is 6.68. The molecule has 1 fully saturated rings. The largest absolute Gasteiger partial charge is 0.350 e. The highest BCUT2D eigenvalue weighted by Gasteiger charge is 2.25. The lowest BCUT2D eigenvalue weighted by molar-refractivity contribution is 0.0915. The quantitative estimate of drug-likeness (QED) is 0.738. The average molecular weight is 389 g/mol. The second kappa shape index (κ2) is 9.58. The Hall–Kier alpha value is -1.30. The van der Waals surface area contributed by atoms with Gasteiger partial charge in [0.1, 0.15) is 0 Å². The van der Waals surface area contributed by atoms with E-state index in [0.717, 1.165) is 30.3 Å². The van der Waals surface area contributed by atoms with Crippen LogP contribution in [0.15, 0.2) is 41.8 Å². The lowest BCUT2D eigenvalue weighted by Crippen LogP contribution is -2.41. The first kappa shape index (κ1) is 19.5. The molecule has 2 aromatic rings. The minimum atomic E-state index is 0.0277. The molecule has 3 rings (SSSR count). The van der Waals surface area contributed by atoms with Crippen LogP contribution >= 0.6 is 23.1 Å². The second-order valence-corrected chi connectivity index (χ2v) is 8.94. The normalized spacial score (nSPS) is 17.2. The Morgan fingerprint density at radius 3 is 2.81 bits per heavy atom. The first-order valence-electron chi connectivity index (χ1n) is 9.31. The van der Waals surface area contributed by atoms with E-state index < -0.39 is 0 Å². The molecule has 1 unspecified atom stereocenters. The Kier molecular flexibility index (Phi) is 7.17. The van der Waals surface area contributed by atoms with Crippen LogP contribution in [0.5, 0.6) is 0 Å².